The summed E-state index contributed by atoms with van der Waals surface area (Å²) in [5.74, 6) is -0.690. The number of nitrogen functional groups attached to an aromatic ring is 1. The zero-order chi connectivity index (χ0) is 15.3. The van der Waals surface area contributed by atoms with Crippen molar-refractivity contribution < 1.29 is 14.3 Å². The van der Waals surface area contributed by atoms with Crippen LogP contribution in [0.3, 0.4) is 0 Å². The summed E-state index contributed by atoms with van der Waals surface area (Å²) in [5, 5.41) is 2.93. The predicted octanol–water partition coefficient (Wildman–Crippen LogP) is 2.24. The number of rotatable bonds is 5. The Hall–Kier alpha value is -1.75. The van der Waals surface area contributed by atoms with Gasteiger partial charge in [0.2, 0.25) is 0 Å². The van der Waals surface area contributed by atoms with Crippen LogP contribution in [-0.2, 0) is 9.53 Å². The van der Waals surface area contributed by atoms with Gasteiger partial charge in [-0.25, -0.2) is 4.79 Å². The third-order valence-electron chi connectivity index (χ3n) is 2.80. The second-order valence-corrected chi connectivity index (χ2v) is 5.29. The molecule has 0 fully saturated rings. The van der Waals surface area contributed by atoms with Crippen molar-refractivity contribution in [1.29, 1.82) is 0 Å². The van der Waals surface area contributed by atoms with Gasteiger partial charge in [-0.1, -0.05) is 31.5 Å². The standard InChI is InChI=1S/C14H19ClN2O3/c1-8(2)7-11(14(19)20-3)17-13(18)9-5-4-6-10(15)12(9)16/h4-6,8,11H,7,16H2,1-3H3,(H,17,18). The molecule has 1 aromatic carbocycles. The van der Waals surface area contributed by atoms with E-state index in [-0.39, 0.29) is 17.2 Å². The SMILES string of the molecule is COC(=O)C(CC(C)C)NC(=O)c1cccc(Cl)c1N. The molecule has 20 heavy (non-hydrogen) atoms. The molecule has 0 aliphatic carbocycles. The highest BCUT2D eigenvalue weighted by Crippen LogP contribution is 2.22. The Morgan fingerprint density at radius 1 is 1.40 bits per heavy atom. The summed E-state index contributed by atoms with van der Waals surface area (Å²) >= 11 is 5.87. The first-order valence-electron chi connectivity index (χ1n) is 6.29. The smallest absolute Gasteiger partial charge is 0.328 e. The first kappa shape index (κ1) is 16.3. The van der Waals surface area contributed by atoms with Gasteiger partial charge in [0.05, 0.1) is 23.4 Å². The fraction of sp³-hybridized carbons (Fsp3) is 0.429. The topological polar surface area (TPSA) is 81.4 Å². The number of halogens is 1. The molecule has 0 aliphatic heterocycles. The van der Waals surface area contributed by atoms with Crippen molar-refractivity contribution >= 4 is 29.2 Å². The maximum atomic E-state index is 12.2. The molecule has 1 atom stereocenters. The number of hydrogen-bond acceptors (Lipinski definition) is 4. The van der Waals surface area contributed by atoms with Crippen LogP contribution in [0.15, 0.2) is 18.2 Å². The van der Waals surface area contributed by atoms with E-state index in [4.69, 9.17) is 22.1 Å². The Labute approximate surface area is 123 Å². The van der Waals surface area contributed by atoms with Crippen molar-refractivity contribution in [3.8, 4) is 0 Å². The number of amides is 1. The summed E-state index contributed by atoms with van der Waals surface area (Å²) in [6.07, 6.45) is 0.485. The van der Waals surface area contributed by atoms with Crippen LogP contribution in [0.5, 0.6) is 0 Å². The van der Waals surface area contributed by atoms with Crippen molar-refractivity contribution in [3.63, 3.8) is 0 Å². The maximum absolute atomic E-state index is 12.2. The number of esters is 1. The van der Waals surface area contributed by atoms with Crippen LogP contribution in [0.25, 0.3) is 0 Å². The zero-order valence-electron chi connectivity index (χ0n) is 11.8. The molecule has 5 nitrogen and oxygen atoms in total. The lowest BCUT2D eigenvalue weighted by molar-refractivity contribution is -0.143. The van der Waals surface area contributed by atoms with Gasteiger partial charge < -0.3 is 15.8 Å². The highest BCUT2D eigenvalue weighted by molar-refractivity contribution is 6.33. The van der Waals surface area contributed by atoms with Gasteiger partial charge >= 0.3 is 5.97 Å². The lowest BCUT2D eigenvalue weighted by Crippen LogP contribution is -2.42. The molecular formula is C14H19ClN2O3. The number of para-hydroxylation sites is 1. The average molecular weight is 299 g/mol. The van der Waals surface area contributed by atoms with Gasteiger partial charge in [-0.2, -0.15) is 0 Å². The molecule has 1 rings (SSSR count). The van der Waals surface area contributed by atoms with Gasteiger partial charge in [0, 0.05) is 0 Å². The van der Waals surface area contributed by atoms with E-state index in [1.54, 1.807) is 18.2 Å². The summed E-state index contributed by atoms with van der Waals surface area (Å²) in [5.41, 5.74) is 6.20. The van der Waals surface area contributed by atoms with Gasteiger partial charge in [-0.15, -0.1) is 0 Å². The molecule has 110 valence electrons. The lowest BCUT2D eigenvalue weighted by atomic mass is 10.0. The Kier molecular flexibility index (Phi) is 5.82. The minimum Gasteiger partial charge on any atom is -0.467 e. The van der Waals surface area contributed by atoms with Crippen molar-refractivity contribution in [2.24, 2.45) is 5.92 Å². The molecule has 1 amide bonds. The number of carbonyl (C=O) groups excluding carboxylic acids is 2. The van der Waals surface area contributed by atoms with Crippen LogP contribution in [0.1, 0.15) is 30.6 Å². The van der Waals surface area contributed by atoms with Crippen LogP contribution in [0.2, 0.25) is 5.02 Å². The minimum atomic E-state index is -0.703. The van der Waals surface area contributed by atoms with Gasteiger partial charge in [-0.3, -0.25) is 4.79 Å². The first-order chi connectivity index (χ1) is 9.36. The highest BCUT2D eigenvalue weighted by atomic mass is 35.5. The Morgan fingerprint density at radius 2 is 2.05 bits per heavy atom. The van der Waals surface area contributed by atoms with E-state index in [9.17, 15) is 9.59 Å². The molecule has 3 N–H and O–H groups in total. The number of hydrogen-bond donors (Lipinski definition) is 2. The van der Waals surface area contributed by atoms with Crippen molar-refractivity contribution in [3.05, 3.63) is 28.8 Å². The van der Waals surface area contributed by atoms with Crippen LogP contribution in [0.4, 0.5) is 5.69 Å². The fourth-order valence-corrected chi connectivity index (χ4v) is 1.97. The molecule has 0 aromatic heterocycles. The van der Waals surface area contributed by atoms with Gasteiger partial charge in [-0.05, 0) is 24.5 Å². The zero-order valence-corrected chi connectivity index (χ0v) is 12.5. The summed E-state index contributed by atoms with van der Waals surface area (Å²) in [6, 6.07) is 4.08. The number of benzene rings is 1. The van der Waals surface area contributed by atoms with Crippen LogP contribution in [0, 0.1) is 5.92 Å². The normalized spacial score (nSPS) is 12.1. The van der Waals surface area contributed by atoms with E-state index in [2.05, 4.69) is 5.32 Å². The number of carbonyl (C=O) groups is 2. The molecule has 0 saturated carbocycles. The third kappa shape index (κ3) is 4.13. The van der Waals surface area contributed by atoms with E-state index in [1.165, 1.54) is 7.11 Å². The Morgan fingerprint density at radius 3 is 2.60 bits per heavy atom. The highest BCUT2D eigenvalue weighted by Gasteiger charge is 2.24. The number of nitrogens with two attached hydrogens (primary N) is 1. The Bertz CT molecular complexity index is 503. The molecule has 0 aliphatic rings. The van der Waals surface area contributed by atoms with E-state index in [1.807, 2.05) is 13.8 Å². The predicted molar refractivity (Wildman–Crippen MR) is 78.6 cm³/mol. The summed E-state index contributed by atoms with van der Waals surface area (Å²) in [7, 11) is 1.29. The fourth-order valence-electron chi connectivity index (χ4n) is 1.80. The molecule has 0 bridgehead atoms. The maximum Gasteiger partial charge on any atom is 0.328 e. The molecular weight excluding hydrogens is 280 g/mol. The lowest BCUT2D eigenvalue weighted by Gasteiger charge is -2.19. The summed E-state index contributed by atoms with van der Waals surface area (Å²) in [6.45, 7) is 3.91. The molecule has 1 aromatic rings. The average Bonchev–Trinajstić information content (AvgIpc) is 2.39. The van der Waals surface area contributed by atoms with E-state index >= 15 is 0 Å². The van der Waals surface area contributed by atoms with E-state index in [0.717, 1.165) is 0 Å². The van der Waals surface area contributed by atoms with E-state index < -0.39 is 17.9 Å². The minimum absolute atomic E-state index is 0.194. The van der Waals surface area contributed by atoms with Gasteiger partial charge in [0.25, 0.3) is 5.91 Å². The molecule has 0 saturated heterocycles. The molecule has 1 unspecified atom stereocenters. The van der Waals surface area contributed by atoms with Crippen molar-refractivity contribution in [1.82, 2.24) is 5.32 Å². The monoisotopic (exact) mass is 298 g/mol. The summed E-state index contributed by atoms with van der Waals surface area (Å²) < 4.78 is 4.69. The number of ether oxygens (including phenoxy) is 1. The van der Waals surface area contributed by atoms with Crippen LogP contribution in [-0.4, -0.2) is 25.0 Å². The summed E-state index contributed by atoms with van der Waals surface area (Å²) in [4.78, 5) is 23.8. The second-order valence-electron chi connectivity index (χ2n) is 4.88. The van der Waals surface area contributed by atoms with Crippen LogP contribution >= 0.6 is 11.6 Å². The molecule has 0 spiro atoms. The van der Waals surface area contributed by atoms with Crippen LogP contribution < -0.4 is 11.1 Å². The second kappa shape index (κ2) is 7.14. The van der Waals surface area contributed by atoms with E-state index in [0.29, 0.717) is 11.4 Å². The van der Waals surface area contributed by atoms with Crippen molar-refractivity contribution in [2.75, 3.05) is 12.8 Å². The largest absolute Gasteiger partial charge is 0.467 e. The number of anilines is 1. The van der Waals surface area contributed by atoms with Gasteiger partial charge in [0.1, 0.15) is 6.04 Å². The third-order valence-corrected chi connectivity index (χ3v) is 3.13. The van der Waals surface area contributed by atoms with Gasteiger partial charge in [0.15, 0.2) is 0 Å². The number of nitrogens with one attached hydrogen (secondary N) is 1. The Balaban J connectivity index is 2.90. The quantitative estimate of drug-likeness (QED) is 0.645. The molecule has 0 heterocycles. The van der Waals surface area contributed by atoms with Crippen molar-refractivity contribution in [2.45, 2.75) is 26.3 Å². The molecule has 0 radical (unpaired) electrons. The first-order valence-corrected chi connectivity index (χ1v) is 6.67. The number of methoxy groups -OCH3 is 1. The molecule has 6 heteroatoms.